The number of nitrogens with one attached hydrogen (secondary N) is 3. The van der Waals surface area contributed by atoms with Crippen LogP contribution in [-0.4, -0.2) is 23.5 Å². The van der Waals surface area contributed by atoms with Crippen LogP contribution in [0.3, 0.4) is 0 Å². The van der Waals surface area contributed by atoms with E-state index in [4.69, 9.17) is 17.0 Å². The molecule has 0 unspecified atom stereocenters. The summed E-state index contributed by atoms with van der Waals surface area (Å²) in [5, 5.41) is 8.90. The lowest BCUT2D eigenvalue weighted by molar-refractivity contribution is -0.117. The number of unbranched alkanes of at least 4 members (excludes halogenated alkanes) is 3. The summed E-state index contributed by atoms with van der Waals surface area (Å²) in [6.45, 7) is 4.76. The highest BCUT2D eigenvalue weighted by atomic mass is 32.1. The molecule has 170 valence electrons. The van der Waals surface area contributed by atoms with Crippen molar-refractivity contribution in [1.29, 1.82) is 0 Å². The van der Waals surface area contributed by atoms with Crippen molar-refractivity contribution in [3.05, 3.63) is 53.6 Å². The summed E-state index contributed by atoms with van der Waals surface area (Å²) in [4.78, 5) is 24.6. The third kappa shape index (κ3) is 7.05. The zero-order chi connectivity index (χ0) is 22.9. The Morgan fingerprint density at radius 2 is 1.69 bits per heavy atom. The molecule has 0 radical (unpaired) electrons. The van der Waals surface area contributed by atoms with Crippen LogP contribution in [0.15, 0.2) is 42.5 Å². The molecule has 7 heteroatoms. The van der Waals surface area contributed by atoms with Crippen molar-refractivity contribution in [2.45, 2.75) is 52.4 Å². The fraction of sp³-hybridized carbons (Fsp3) is 0.400. The maximum absolute atomic E-state index is 12.5. The molecule has 3 rings (SSSR count). The molecule has 6 nitrogen and oxygen atoms in total. The minimum Gasteiger partial charge on any atom is -0.494 e. The fourth-order valence-corrected chi connectivity index (χ4v) is 3.44. The molecular weight excluding hydrogens is 422 g/mol. The molecule has 2 aromatic carbocycles. The molecule has 0 saturated heterocycles. The van der Waals surface area contributed by atoms with Crippen molar-refractivity contribution in [2.24, 2.45) is 5.92 Å². The predicted octanol–water partition coefficient (Wildman–Crippen LogP) is 5.43. The van der Waals surface area contributed by atoms with Gasteiger partial charge in [-0.15, -0.1) is 0 Å². The second-order valence-corrected chi connectivity index (χ2v) is 8.49. The second-order valence-electron chi connectivity index (χ2n) is 8.08. The van der Waals surface area contributed by atoms with E-state index in [9.17, 15) is 9.59 Å². The van der Waals surface area contributed by atoms with Gasteiger partial charge in [-0.2, -0.15) is 0 Å². The number of carbonyl (C=O) groups excluding carboxylic acids is 2. The van der Waals surface area contributed by atoms with Crippen LogP contribution in [-0.2, 0) is 4.79 Å². The number of hydrogen-bond donors (Lipinski definition) is 3. The van der Waals surface area contributed by atoms with Crippen LogP contribution in [0.2, 0.25) is 0 Å². The van der Waals surface area contributed by atoms with Gasteiger partial charge in [0, 0.05) is 22.9 Å². The van der Waals surface area contributed by atoms with Gasteiger partial charge in [-0.05, 0) is 80.4 Å². The summed E-state index contributed by atoms with van der Waals surface area (Å²) in [6.07, 6.45) is 6.51. The molecule has 0 aliphatic heterocycles. The highest BCUT2D eigenvalue weighted by Gasteiger charge is 2.29. The van der Waals surface area contributed by atoms with E-state index in [-0.39, 0.29) is 22.8 Å². The minimum absolute atomic E-state index is 0.0505. The van der Waals surface area contributed by atoms with Crippen LogP contribution in [0.4, 0.5) is 11.4 Å². The molecule has 3 N–H and O–H groups in total. The first kappa shape index (κ1) is 23.7. The summed E-state index contributed by atoms with van der Waals surface area (Å²) < 4.78 is 5.72. The van der Waals surface area contributed by atoms with E-state index in [2.05, 4.69) is 22.9 Å². The van der Waals surface area contributed by atoms with Crippen LogP contribution < -0.4 is 20.7 Å². The summed E-state index contributed by atoms with van der Waals surface area (Å²) in [7, 11) is 0. The molecule has 32 heavy (non-hydrogen) atoms. The number of ether oxygens (including phenoxy) is 1. The Balaban J connectivity index is 1.50. The summed E-state index contributed by atoms with van der Waals surface area (Å²) >= 11 is 5.32. The summed E-state index contributed by atoms with van der Waals surface area (Å²) in [5.41, 5.74) is 2.83. The van der Waals surface area contributed by atoms with E-state index >= 15 is 0 Å². The Bertz CT molecular complexity index is 955. The number of rotatable bonds is 10. The van der Waals surface area contributed by atoms with Gasteiger partial charge in [0.15, 0.2) is 5.11 Å². The monoisotopic (exact) mass is 453 g/mol. The lowest BCUT2D eigenvalue weighted by Gasteiger charge is -2.15. The van der Waals surface area contributed by atoms with E-state index in [0.29, 0.717) is 12.2 Å². The van der Waals surface area contributed by atoms with Gasteiger partial charge >= 0.3 is 0 Å². The number of amides is 2. The second kappa shape index (κ2) is 11.6. The first-order chi connectivity index (χ1) is 15.5. The van der Waals surface area contributed by atoms with Gasteiger partial charge in [0.25, 0.3) is 5.91 Å². The average molecular weight is 454 g/mol. The van der Waals surface area contributed by atoms with Crippen molar-refractivity contribution in [3.8, 4) is 5.75 Å². The van der Waals surface area contributed by atoms with E-state index in [1.807, 2.05) is 25.1 Å². The Hall–Kier alpha value is -2.93. The zero-order valence-corrected chi connectivity index (χ0v) is 19.5. The first-order valence-electron chi connectivity index (χ1n) is 11.2. The normalized spacial score (nSPS) is 12.7. The molecule has 0 bridgehead atoms. The van der Waals surface area contributed by atoms with E-state index in [1.54, 1.807) is 24.3 Å². The van der Waals surface area contributed by atoms with Gasteiger partial charge in [0.1, 0.15) is 5.75 Å². The van der Waals surface area contributed by atoms with Gasteiger partial charge in [-0.1, -0.05) is 32.3 Å². The molecule has 1 aliphatic carbocycles. The number of hydrogen-bond acceptors (Lipinski definition) is 4. The van der Waals surface area contributed by atoms with E-state index < -0.39 is 0 Å². The Kier molecular flexibility index (Phi) is 8.62. The van der Waals surface area contributed by atoms with Crippen LogP contribution in [0, 0.1) is 12.8 Å². The smallest absolute Gasteiger partial charge is 0.257 e. The number of anilines is 2. The van der Waals surface area contributed by atoms with E-state index in [0.717, 1.165) is 48.4 Å². The van der Waals surface area contributed by atoms with Crippen LogP contribution >= 0.6 is 12.2 Å². The van der Waals surface area contributed by atoms with Crippen LogP contribution in [0.25, 0.3) is 0 Å². The highest BCUT2D eigenvalue weighted by molar-refractivity contribution is 7.80. The van der Waals surface area contributed by atoms with Crippen molar-refractivity contribution in [1.82, 2.24) is 5.32 Å². The predicted molar refractivity (Wildman–Crippen MR) is 132 cm³/mol. The largest absolute Gasteiger partial charge is 0.494 e. The molecule has 1 aliphatic rings. The lowest BCUT2D eigenvalue weighted by atomic mass is 10.1. The zero-order valence-electron chi connectivity index (χ0n) is 18.7. The molecule has 0 spiro atoms. The maximum Gasteiger partial charge on any atom is 0.257 e. The van der Waals surface area contributed by atoms with Crippen LogP contribution in [0.5, 0.6) is 5.75 Å². The fourth-order valence-electron chi connectivity index (χ4n) is 3.24. The van der Waals surface area contributed by atoms with Gasteiger partial charge < -0.3 is 15.4 Å². The summed E-state index contributed by atoms with van der Waals surface area (Å²) in [6, 6.07) is 12.6. The van der Waals surface area contributed by atoms with Gasteiger partial charge in [0.05, 0.1) is 6.61 Å². The van der Waals surface area contributed by atoms with Gasteiger partial charge in [0.2, 0.25) is 5.91 Å². The molecule has 2 aromatic rings. The Morgan fingerprint density at radius 3 is 2.34 bits per heavy atom. The minimum atomic E-state index is -0.298. The molecule has 0 heterocycles. The van der Waals surface area contributed by atoms with Crippen LogP contribution in [0.1, 0.15) is 61.4 Å². The molecule has 1 saturated carbocycles. The van der Waals surface area contributed by atoms with E-state index in [1.165, 1.54) is 12.8 Å². The highest BCUT2D eigenvalue weighted by Crippen LogP contribution is 2.31. The van der Waals surface area contributed by atoms with Gasteiger partial charge in [-0.3, -0.25) is 14.9 Å². The molecule has 0 aromatic heterocycles. The van der Waals surface area contributed by atoms with Crippen molar-refractivity contribution < 1.29 is 14.3 Å². The molecular formula is C25H31N3O3S. The van der Waals surface area contributed by atoms with Crippen molar-refractivity contribution >= 4 is 40.5 Å². The maximum atomic E-state index is 12.5. The number of carbonyl (C=O) groups is 2. The molecule has 2 amide bonds. The number of thiocarbonyl (C=S) groups is 1. The Morgan fingerprint density at radius 1 is 1.00 bits per heavy atom. The quantitative estimate of drug-likeness (QED) is 0.330. The molecule has 0 atom stereocenters. The van der Waals surface area contributed by atoms with Crippen molar-refractivity contribution in [2.75, 3.05) is 17.2 Å². The molecule has 1 fully saturated rings. The number of benzene rings is 2. The standard InChI is InChI=1S/C25H31N3O3S/c1-3-4-5-6-16-31-20-14-12-19(13-15-20)24(30)28-25(32)27-22-9-7-8-21(17(22)2)26-23(29)18-10-11-18/h7-9,12-15,18H,3-6,10-11,16H2,1-2H3,(H,26,29)(H2,27,28,30,32). The SMILES string of the molecule is CCCCCCOc1ccc(C(=O)NC(=S)Nc2cccc(NC(=O)C3CC3)c2C)cc1. The first-order valence-corrected chi connectivity index (χ1v) is 11.6. The van der Waals surface area contributed by atoms with Crippen molar-refractivity contribution in [3.63, 3.8) is 0 Å². The third-order valence-corrected chi connectivity index (χ3v) is 5.60. The summed E-state index contributed by atoms with van der Waals surface area (Å²) in [5.74, 6) is 0.631. The van der Waals surface area contributed by atoms with Gasteiger partial charge in [-0.25, -0.2) is 0 Å². The topological polar surface area (TPSA) is 79.5 Å². The third-order valence-electron chi connectivity index (χ3n) is 5.40. The average Bonchev–Trinajstić information content (AvgIpc) is 3.62. The Labute approximate surface area is 195 Å². The lowest BCUT2D eigenvalue weighted by Crippen LogP contribution is -2.34.